The van der Waals surface area contributed by atoms with Gasteiger partial charge in [0, 0.05) is 5.56 Å². The van der Waals surface area contributed by atoms with Crippen molar-refractivity contribution < 1.29 is 27.5 Å². The van der Waals surface area contributed by atoms with E-state index in [0.717, 1.165) is 7.11 Å². The molecule has 2 rings (SSSR count). The van der Waals surface area contributed by atoms with Crippen LogP contribution in [0.5, 0.6) is 5.75 Å². The van der Waals surface area contributed by atoms with E-state index in [4.69, 9.17) is 4.74 Å². The number of hydrazine groups is 1. The number of nitrogens with one attached hydrogen (secondary N) is 2. The Balaban J connectivity index is 2.16. The summed E-state index contributed by atoms with van der Waals surface area (Å²) in [6, 6.07) is 11.6. The summed E-state index contributed by atoms with van der Waals surface area (Å²) in [6.07, 6.45) is 0. The van der Waals surface area contributed by atoms with Gasteiger partial charge < -0.3 is 9.47 Å². The molecule has 0 aliphatic carbocycles. The lowest BCUT2D eigenvalue weighted by atomic mass is 10.2. The van der Waals surface area contributed by atoms with Crippen molar-refractivity contribution in [2.45, 2.75) is 4.90 Å². The molecule has 0 heterocycles. The third kappa shape index (κ3) is 4.34. The summed E-state index contributed by atoms with van der Waals surface area (Å²) in [7, 11) is -1.54. The Morgan fingerprint density at radius 3 is 2.20 bits per heavy atom. The van der Waals surface area contributed by atoms with Gasteiger partial charge in [0.2, 0.25) is 0 Å². The average molecular weight is 364 g/mol. The number of carbonyl (C=O) groups excluding carboxylic acids is 2. The molecule has 0 spiro atoms. The Morgan fingerprint density at radius 2 is 1.60 bits per heavy atom. The first-order valence-electron chi connectivity index (χ1n) is 7.02. The molecule has 8 nitrogen and oxygen atoms in total. The second-order valence-electron chi connectivity index (χ2n) is 4.78. The van der Waals surface area contributed by atoms with E-state index in [2.05, 4.69) is 10.2 Å². The Labute approximate surface area is 144 Å². The Morgan fingerprint density at radius 1 is 0.960 bits per heavy atom. The fourth-order valence-corrected chi connectivity index (χ4v) is 3.00. The normalized spacial score (nSPS) is 10.8. The van der Waals surface area contributed by atoms with E-state index in [9.17, 15) is 18.0 Å². The highest BCUT2D eigenvalue weighted by Gasteiger charge is 2.23. The Bertz CT molecular complexity index is 878. The van der Waals surface area contributed by atoms with Gasteiger partial charge in [0.15, 0.2) is 0 Å². The topological polar surface area (TPSA) is 111 Å². The number of hydrogen-bond donors (Lipinski definition) is 2. The minimum absolute atomic E-state index is 0.142. The van der Waals surface area contributed by atoms with Gasteiger partial charge in [-0.25, -0.2) is 13.2 Å². The minimum atomic E-state index is -4.17. The van der Waals surface area contributed by atoms with Gasteiger partial charge in [-0.1, -0.05) is 12.1 Å². The van der Waals surface area contributed by atoms with Gasteiger partial charge in [-0.15, -0.1) is 4.83 Å². The molecule has 0 aromatic heterocycles. The van der Waals surface area contributed by atoms with Gasteiger partial charge in [-0.05, 0) is 36.4 Å². The van der Waals surface area contributed by atoms with Crippen molar-refractivity contribution in [2.24, 2.45) is 0 Å². The molecule has 0 saturated carbocycles. The molecule has 1 amide bonds. The fourth-order valence-electron chi connectivity index (χ4n) is 1.96. The monoisotopic (exact) mass is 364 g/mol. The summed E-state index contributed by atoms with van der Waals surface area (Å²) in [5.41, 5.74) is 2.17. The first kappa shape index (κ1) is 18.4. The summed E-state index contributed by atoms with van der Waals surface area (Å²) < 4.78 is 34.3. The molecule has 9 heteroatoms. The second kappa shape index (κ2) is 7.77. The fraction of sp³-hybridized carbons (Fsp3) is 0.125. The number of hydrogen-bond acceptors (Lipinski definition) is 6. The van der Waals surface area contributed by atoms with Crippen LogP contribution in [0.25, 0.3) is 0 Å². The van der Waals surface area contributed by atoms with E-state index < -0.39 is 21.9 Å². The van der Waals surface area contributed by atoms with E-state index in [1.165, 1.54) is 43.5 Å². The SMILES string of the molecule is COC(=O)c1ccccc1S(=O)(=O)NNC(=O)c1ccc(OC)cc1. The Hall–Kier alpha value is -2.91. The summed E-state index contributed by atoms with van der Waals surface area (Å²) in [5, 5.41) is 0. The number of benzene rings is 2. The zero-order valence-electron chi connectivity index (χ0n) is 13.5. The number of carbonyl (C=O) groups is 2. The quantitative estimate of drug-likeness (QED) is 0.587. The van der Waals surface area contributed by atoms with Crippen LogP contribution in [0.2, 0.25) is 0 Å². The number of amides is 1. The number of methoxy groups -OCH3 is 2. The Kier molecular flexibility index (Phi) is 5.73. The van der Waals surface area contributed by atoms with Crippen molar-refractivity contribution in [1.29, 1.82) is 0 Å². The number of ether oxygens (including phenoxy) is 2. The van der Waals surface area contributed by atoms with Crippen molar-refractivity contribution >= 4 is 21.9 Å². The van der Waals surface area contributed by atoms with Gasteiger partial charge in [0.25, 0.3) is 15.9 Å². The van der Waals surface area contributed by atoms with Crippen LogP contribution in [0.1, 0.15) is 20.7 Å². The molecule has 0 aliphatic rings. The third-order valence-electron chi connectivity index (χ3n) is 3.23. The van der Waals surface area contributed by atoms with Crippen molar-refractivity contribution in [2.75, 3.05) is 14.2 Å². The maximum Gasteiger partial charge on any atom is 0.339 e. The molecule has 25 heavy (non-hydrogen) atoms. The van der Waals surface area contributed by atoms with Crippen LogP contribution in [-0.4, -0.2) is 34.5 Å². The first-order valence-corrected chi connectivity index (χ1v) is 8.51. The molecular formula is C16H16N2O6S. The van der Waals surface area contributed by atoms with Gasteiger partial charge >= 0.3 is 5.97 Å². The molecule has 0 unspecified atom stereocenters. The molecule has 0 saturated heterocycles. The zero-order valence-corrected chi connectivity index (χ0v) is 14.3. The number of sulfonamides is 1. The smallest absolute Gasteiger partial charge is 0.339 e. The first-order chi connectivity index (χ1) is 11.9. The second-order valence-corrected chi connectivity index (χ2v) is 6.43. The highest BCUT2D eigenvalue weighted by molar-refractivity contribution is 7.89. The lowest BCUT2D eigenvalue weighted by Gasteiger charge is -2.11. The van der Waals surface area contributed by atoms with E-state index >= 15 is 0 Å². The van der Waals surface area contributed by atoms with Crippen LogP contribution < -0.4 is 15.0 Å². The van der Waals surface area contributed by atoms with Gasteiger partial charge in [0.05, 0.1) is 24.7 Å². The highest BCUT2D eigenvalue weighted by Crippen LogP contribution is 2.16. The molecule has 2 aromatic carbocycles. The predicted molar refractivity (Wildman–Crippen MR) is 88.6 cm³/mol. The van der Waals surface area contributed by atoms with E-state index in [1.54, 1.807) is 12.1 Å². The molecular weight excluding hydrogens is 348 g/mol. The van der Waals surface area contributed by atoms with Crippen molar-refractivity contribution in [3.63, 3.8) is 0 Å². The lowest BCUT2D eigenvalue weighted by Crippen LogP contribution is -2.42. The van der Waals surface area contributed by atoms with Crippen LogP contribution in [0.15, 0.2) is 53.4 Å². The molecule has 2 N–H and O–H groups in total. The van der Waals surface area contributed by atoms with Gasteiger partial charge in [-0.2, -0.15) is 0 Å². The molecule has 0 aliphatic heterocycles. The molecule has 0 bridgehead atoms. The van der Waals surface area contributed by atoms with Crippen LogP contribution in [0, 0.1) is 0 Å². The maximum absolute atomic E-state index is 12.4. The van der Waals surface area contributed by atoms with E-state index in [0.29, 0.717) is 5.75 Å². The lowest BCUT2D eigenvalue weighted by molar-refractivity contribution is 0.0596. The van der Waals surface area contributed by atoms with Crippen LogP contribution in [-0.2, 0) is 14.8 Å². The van der Waals surface area contributed by atoms with Crippen LogP contribution in [0.3, 0.4) is 0 Å². The molecule has 0 fully saturated rings. The third-order valence-corrected chi connectivity index (χ3v) is 4.54. The van der Waals surface area contributed by atoms with Crippen LogP contribution in [0.4, 0.5) is 0 Å². The van der Waals surface area contributed by atoms with Crippen molar-refractivity contribution in [1.82, 2.24) is 10.3 Å². The summed E-state index contributed by atoms with van der Waals surface area (Å²) in [4.78, 5) is 25.4. The zero-order chi connectivity index (χ0) is 18.4. The summed E-state index contributed by atoms with van der Waals surface area (Å²) in [6.45, 7) is 0. The van der Waals surface area contributed by atoms with Gasteiger partial charge in [-0.3, -0.25) is 10.2 Å². The standard InChI is InChI=1S/C16H16N2O6S/c1-23-12-9-7-11(8-10-12)15(19)17-18-25(21,22)14-6-4-3-5-13(14)16(20)24-2/h3-10,18H,1-2H3,(H,17,19). The highest BCUT2D eigenvalue weighted by atomic mass is 32.2. The predicted octanol–water partition coefficient (Wildman–Crippen LogP) is 1.11. The molecule has 132 valence electrons. The largest absolute Gasteiger partial charge is 0.497 e. The molecule has 0 atom stereocenters. The van der Waals surface area contributed by atoms with Crippen molar-refractivity contribution in [3.8, 4) is 5.75 Å². The number of esters is 1. The average Bonchev–Trinajstić information content (AvgIpc) is 2.65. The van der Waals surface area contributed by atoms with Gasteiger partial charge in [0.1, 0.15) is 5.75 Å². The summed E-state index contributed by atoms with van der Waals surface area (Å²) in [5.74, 6) is -0.909. The summed E-state index contributed by atoms with van der Waals surface area (Å²) >= 11 is 0. The van der Waals surface area contributed by atoms with Crippen molar-refractivity contribution in [3.05, 3.63) is 59.7 Å². The van der Waals surface area contributed by atoms with Crippen LogP contribution >= 0.6 is 0 Å². The molecule has 0 radical (unpaired) electrons. The number of rotatable bonds is 6. The van der Waals surface area contributed by atoms with E-state index in [1.807, 2.05) is 4.83 Å². The maximum atomic E-state index is 12.4. The minimum Gasteiger partial charge on any atom is -0.497 e. The van der Waals surface area contributed by atoms with E-state index in [-0.39, 0.29) is 16.0 Å². The molecule has 2 aromatic rings.